The van der Waals surface area contributed by atoms with Crippen LogP contribution in [0.25, 0.3) is 0 Å². The summed E-state index contributed by atoms with van der Waals surface area (Å²) in [4.78, 5) is 13.0. The number of nitrogens with one attached hydrogen (secondary N) is 1. The van der Waals surface area contributed by atoms with E-state index >= 15 is 0 Å². The second-order valence-corrected chi connectivity index (χ2v) is 8.96. The molecule has 33 heavy (non-hydrogen) atoms. The molecule has 0 heterocycles. The Morgan fingerprint density at radius 1 is 1.06 bits per heavy atom. The van der Waals surface area contributed by atoms with E-state index in [0.717, 1.165) is 15.8 Å². The predicted octanol–water partition coefficient (Wildman–Crippen LogP) is 7.17. The average molecular weight is 516 g/mol. The number of rotatable bonds is 8. The van der Waals surface area contributed by atoms with Crippen molar-refractivity contribution in [3.63, 3.8) is 0 Å². The molecule has 4 rings (SSSR count). The molecule has 3 aromatic rings. The summed E-state index contributed by atoms with van der Waals surface area (Å²) < 4.78 is 40.9. The molecule has 0 spiro atoms. The van der Waals surface area contributed by atoms with Crippen molar-refractivity contribution in [2.24, 2.45) is 0 Å². The van der Waals surface area contributed by atoms with Crippen molar-refractivity contribution in [1.82, 2.24) is 0 Å². The molecule has 2 atom stereocenters. The molecule has 2 unspecified atom stereocenters. The zero-order valence-corrected chi connectivity index (χ0v) is 19.9. The van der Waals surface area contributed by atoms with Gasteiger partial charge in [-0.1, -0.05) is 40.2 Å². The normalized spacial score (nSPS) is 19.4. The van der Waals surface area contributed by atoms with Crippen molar-refractivity contribution < 1.29 is 23.0 Å². The van der Waals surface area contributed by atoms with Gasteiger partial charge in [0, 0.05) is 22.3 Å². The quantitative estimate of drug-likeness (QED) is 0.323. The van der Waals surface area contributed by atoms with Crippen LogP contribution in [-0.2, 0) is 14.9 Å². The second-order valence-electron chi connectivity index (χ2n) is 8.05. The summed E-state index contributed by atoms with van der Waals surface area (Å²) in [7, 11) is 0. The maximum absolute atomic E-state index is 14.5. The van der Waals surface area contributed by atoms with Crippen LogP contribution >= 0.6 is 15.9 Å². The summed E-state index contributed by atoms with van der Waals surface area (Å²) in [5.41, 5.74) is 0.678. The van der Waals surface area contributed by atoms with Gasteiger partial charge in [0.15, 0.2) is 5.41 Å². The molecule has 1 aliphatic carbocycles. The molecule has 1 saturated carbocycles. The lowest BCUT2D eigenvalue weighted by Gasteiger charge is -2.21. The van der Waals surface area contributed by atoms with E-state index in [2.05, 4.69) is 21.2 Å². The van der Waals surface area contributed by atoms with Crippen LogP contribution in [0, 0.1) is 0 Å². The number of benzene rings is 3. The van der Waals surface area contributed by atoms with Crippen molar-refractivity contribution in [3.8, 4) is 5.75 Å². The highest BCUT2D eigenvalue weighted by Gasteiger charge is 2.78. The lowest BCUT2D eigenvalue weighted by Crippen LogP contribution is -2.30. The monoisotopic (exact) mass is 515 g/mol. The molecule has 0 aliphatic heterocycles. The van der Waals surface area contributed by atoms with Crippen LogP contribution in [0.5, 0.6) is 5.75 Å². The van der Waals surface area contributed by atoms with Crippen LogP contribution in [0.1, 0.15) is 37.5 Å². The zero-order chi connectivity index (χ0) is 23.6. The summed E-state index contributed by atoms with van der Waals surface area (Å²) in [5.74, 6) is -3.50. The van der Waals surface area contributed by atoms with Gasteiger partial charge >= 0.3 is 5.97 Å². The van der Waals surface area contributed by atoms with Gasteiger partial charge in [-0.15, -0.1) is 0 Å². The van der Waals surface area contributed by atoms with E-state index in [-0.39, 0.29) is 5.56 Å². The highest BCUT2D eigenvalue weighted by atomic mass is 79.9. The molecule has 1 fully saturated rings. The first-order valence-electron chi connectivity index (χ1n) is 10.7. The van der Waals surface area contributed by atoms with Gasteiger partial charge in [0.2, 0.25) is 0 Å². The smallest absolute Gasteiger partial charge is 0.323 e. The third-order valence-electron chi connectivity index (χ3n) is 5.77. The van der Waals surface area contributed by atoms with E-state index < -0.39 is 29.8 Å². The summed E-state index contributed by atoms with van der Waals surface area (Å²) in [6, 6.07) is 21.3. The van der Waals surface area contributed by atoms with E-state index in [9.17, 15) is 13.6 Å². The van der Waals surface area contributed by atoms with Gasteiger partial charge in [0.1, 0.15) is 11.9 Å². The molecule has 4 nitrogen and oxygen atoms in total. The summed E-state index contributed by atoms with van der Waals surface area (Å²) >= 11 is 3.40. The fourth-order valence-corrected chi connectivity index (χ4v) is 4.11. The Morgan fingerprint density at radius 2 is 1.73 bits per heavy atom. The van der Waals surface area contributed by atoms with Crippen LogP contribution in [0.15, 0.2) is 77.3 Å². The van der Waals surface area contributed by atoms with Crippen molar-refractivity contribution >= 4 is 33.3 Å². The fraction of sp³-hybridized carbons (Fsp3) is 0.269. The van der Waals surface area contributed by atoms with Gasteiger partial charge in [-0.2, -0.15) is 0 Å². The molecular formula is C26H24BrF2NO3. The topological polar surface area (TPSA) is 47.6 Å². The van der Waals surface area contributed by atoms with Crippen LogP contribution < -0.4 is 10.1 Å². The first-order valence-corrected chi connectivity index (χ1v) is 11.5. The van der Waals surface area contributed by atoms with Crippen LogP contribution in [-0.4, -0.2) is 18.5 Å². The number of ether oxygens (including phenoxy) is 2. The lowest BCUT2D eigenvalue weighted by molar-refractivity contribution is -0.154. The third-order valence-corrected chi connectivity index (χ3v) is 6.29. The fourth-order valence-electron chi connectivity index (χ4n) is 3.84. The molecule has 0 amide bonds. The third kappa shape index (κ3) is 4.74. The first-order chi connectivity index (χ1) is 15.7. The van der Waals surface area contributed by atoms with Gasteiger partial charge in [0.25, 0.3) is 5.92 Å². The summed E-state index contributed by atoms with van der Waals surface area (Å²) in [5, 5.41) is 3.28. The number of halogens is 3. The van der Waals surface area contributed by atoms with Crippen LogP contribution in [0.2, 0.25) is 0 Å². The van der Waals surface area contributed by atoms with Gasteiger partial charge in [-0.05, 0) is 73.5 Å². The van der Waals surface area contributed by atoms with Gasteiger partial charge in [-0.25, -0.2) is 8.78 Å². The number of carbonyl (C=O) groups is 1. The van der Waals surface area contributed by atoms with Crippen molar-refractivity contribution in [2.45, 2.75) is 37.7 Å². The Labute approximate surface area is 200 Å². The molecule has 0 radical (unpaired) electrons. The molecule has 7 heteroatoms. The number of hydrogen-bond donors (Lipinski definition) is 1. The maximum Gasteiger partial charge on any atom is 0.323 e. The highest BCUT2D eigenvalue weighted by molar-refractivity contribution is 9.10. The number of esters is 1. The second kappa shape index (κ2) is 9.14. The molecule has 0 bridgehead atoms. The number of alkyl halides is 2. The molecular weight excluding hydrogens is 492 g/mol. The minimum Gasteiger partial charge on any atom is -0.494 e. The van der Waals surface area contributed by atoms with E-state index in [1.165, 1.54) is 12.1 Å². The average Bonchev–Trinajstić information content (AvgIpc) is 3.39. The van der Waals surface area contributed by atoms with E-state index in [4.69, 9.17) is 9.47 Å². The molecule has 172 valence electrons. The van der Waals surface area contributed by atoms with Gasteiger partial charge in [0.05, 0.1) is 6.61 Å². The first kappa shape index (κ1) is 23.2. The Bertz CT molecular complexity index is 1140. The molecule has 0 aromatic heterocycles. The lowest BCUT2D eigenvalue weighted by atomic mass is 9.95. The number of hydrogen-bond acceptors (Lipinski definition) is 4. The molecule has 3 aromatic carbocycles. The largest absolute Gasteiger partial charge is 0.494 e. The minimum absolute atomic E-state index is 0.235. The van der Waals surface area contributed by atoms with Crippen molar-refractivity contribution in [2.75, 3.05) is 11.9 Å². The Balaban J connectivity index is 1.49. The van der Waals surface area contributed by atoms with Crippen LogP contribution in [0.4, 0.5) is 20.2 Å². The number of anilines is 2. The SMILES string of the molecule is CCOc1ccc(C2(C(=O)OC(C)c3cccc(Nc4ccc(Br)cc4)c3)CC2(F)F)cc1. The Morgan fingerprint density at radius 3 is 2.33 bits per heavy atom. The van der Waals surface area contributed by atoms with E-state index in [1.807, 2.05) is 49.4 Å². The Hall–Kier alpha value is -2.93. The van der Waals surface area contributed by atoms with Crippen molar-refractivity contribution in [1.29, 1.82) is 0 Å². The number of carbonyl (C=O) groups excluding carboxylic acids is 1. The predicted molar refractivity (Wildman–Crippen MR) is 127 cm³/mol. The Kier molecular flexibility index (Phi) is 6.43. The van der Waals surface area contributed by atoms with Gasteiger partial charge in [-0.3, -0.25) is 4.79 Å². The standard InChI is InChI=1S/C26H24BrF2NO3/c1-3-32-23-13-7-19(8-14-23)25(16-26(25,28)29)24(31)33-17(2)18-5-4-6-22(15-18)30-21-11-9-20(27)10-12-21/h4-15,17,30H,3,16H2,1-2H3. The van der Waals surface area contributed by atoms with Crippen molar-refractivity contribution in [3.05, 3.63) is 88.4 Å². The highest BCUT2D eigenvalue weighted by Crippen LogP contribution is 2.62. The zero-order valence-electron chi connectivity index (χ0n) is 18.3. The molecule has 1 N–H and O–H groups in total. The molecule has 1 aliphatic rings. The molecule has 0 saturated heterocycles. The summed E-state index contributed by atoms with van der Waals surface area (Å²) in [6.45, 7) is 3.99. The van der Waals surface area contributed by atoms with Crippen LogP contribution in [0.3, 0.4) is 0 Å². The summed E-state index contributed by atoms with van der Waals surface area (Å²) in [6.07, 6.45) is -1.26. The maximum atomic E-state index is 14.5. The van der Waals surface area contributed by atoms with E-state index in [1.54, 1.807) is 25.1 Å². The van der Waals surface area contributed by atoms with Gasteiger partial charge < -0.3 is 14.8 Å². The van der Waals surface area contributed by atoms with E-state index in [0.29, 0.717) is 17.9 Å². The minimum atomic E-state index is -3.15.